The van der Waals surface area contributed by atoms with Crippen molar-refractivity contribution >= 4 is 16.7 Å². The van der Waals surface area contributed by atoms with Crippen molar-refractivity contribution in [1.82, 2.24) is 14.7 Å². The lowest BCUT2D eigenvalue weighted by Gasteiger charge is -2.19. The maximum atomic E-state index is 4.55. The number of anilines is 1. The van der Waals surface area contributed by atoms with Crippen LogP contribution in [-0.2, 0) is 13.0 Å². The summed E-state index contributed by atoms with van der Waals surface area (Å²) in [6, 6.07) is 21.4. The third kappa shape index (κ3) is 4.40. The first kappa shape index (κ1) is 16.6. The molecule has 1 N–H and O–H groups in total. The highest BCUT2D eigenvalue weighted by Gasteiger charge is 2.13. The minimum Gasteiger partial charge on any atom is -0.353 e. The normalized spacial score (nSPS) is 12.1. The smallest absolute Gasteiger partial charge is 0.204 e. The fourth-order valence-corrected chi connectivity index (χ4v) is 3.16. The van der Waals surface area contributed by atoms with Crippen LogP contribution in [0, 0.1) is 0 Å². The molecule has 3 rings (SSSR count). The first-order chi connectivity index (χ1) is 11.7. The molecule has 5 heteroatoms. The summed E-state index contributed by atoms with van der Waals surface area (Å²) in [5.74, 6) is 0.845. The molecule has 24 heavy (non-hydrogen) atoms. The molecule has 0 unspecified atom stereocenters. The van der Waals surface area contributed by atoms with E-state index in [0.717, 1.165) is 17.4 Å². The Labute approximate surface area is 147 Å². The monoisotopic (exact) mass is 338 g/mol. The van der Waals surface area contributed by atoms with E-state index in [1.54, 1.807) is 0 Å². The molecule has 1 atom stereocenters. The molecule has 0 saturated heterocycles. The lowest BCUT2D eigenvalue weighted by atomic mass is 9.99. The van der Waals surface area contributed by atoms with Crippen molar-refractivity contribution in [2.45, 2.75) is 19.0 Å². The van der Waals surface area contributed by atoms with Crippen LogP contribution in [0.1, 0.15) is 23.0 Å². The van der Waals surface area contributed by atoms with Crippen LogP contribution >= 0.6 is 11.5 Å². The van der Waals surface area contributed by atoms with Crippen molar-refractivity contribution in [2.75, 3.05) is 19.0 Å². The predicted molar refractivity (Wildman–Crippen MR) is 100 cm³/mol. The highest BCUT2D eigenvalue weighted by molar-refractivity contribution is 7.09. The molecule has 1 aromatic heterocycles. The Morgan fingerprint density at radius 2 is 1.67 bits per heavy atom. The Bertz CT molecular complexity index is 740. The molecule has 0 fully saturated rings. The maximum absolute atomic E-state index is 4.55. The van der Waals surface area contributed by atoms with E-state index in [1.165, 1.54) is 22.7 Å². The average molecular weight is 338 g/mol. The number of nitrogens with one attached hydrogen (secondary N) is 1. The van der Waals surface area contributed by atoms with E-state index in [0.29, 0.717) is 6.54 Å². The van der Waals surface area contributed by atoms with Gasteiger partial charge in [-0.05, 0) is 17.5 Å². The van der Waals surface area contributed by atoms with E-state index in [4.69, 9.17) is 0 Å². The second kappa shape index (κ2) is 8.04. The van der Waals surface area contributed by atoms with Gasteiger partial charge in [0.15, 0.2) is 5.82 Å². The van der Waals surface area contributed by atoms with Gasteiger partial charge < -0.3 is 10.2 Å². The van der Waals surface area contributed by atoms with Gasteiger partial charge >= 0.3 is 0 Å². The molecule has 0 aliphatic rings. The van der Waals surface area contributed by atoms with Gasteiger partial charge in [0, 0.05) is 31.7 Å². The lowest BCUT2D eigenvalue weighted by molar-refractivity contribution is 0.521. The second-order valence-corrected chi connectivity index (χ2v) is 6.65. The van der Waals surface area contributed by atoms with Crippen LogP contribution in [0.5, 0.6) is 0 Å². The van der Waals surface area contributed by atoms with E-state index in [-0.39, 0.29) is 6.04 Å². The zero-order valence-electron chi connectivity index (χ0n) is 14.0. The average Bonchev–Trinajstić information content (AvgIpc) is 3.09. The predicted octanol–water partition coefficient (Wildman–Crippen LogP) is 3.68. The number of aromatic nitrogens is 2. The van der Waals surface area contributed by atoms with Gasteiger partial charge in [-0.2, -0.15) is 4.37 Å². The fourth-order valence-electron chi connectivity index (χ4n) is 2.56. The molecule has 0 bridgehead atoms. The van der Waals surface area contributed by atoms with Crippen molar-refractivity contribution in [3.63, 3.8) is 0 Å². The molecule has 2 aromatic carbocycles. The fraction of sp³-hybridized carbons (Fsp3) is 0.263. The van der Waals surface area contributed by atoms with Crippen LogP contribution in [0.3, 0.4) is 0 Å². The molecule has 0 aliphatic heterocycles. The summed E-state index contributed by atoms with van der Waals surface area (Å²) in [4.78, 5) is 6.54. The molecule has 0 spiro atoms. The number of benzene rings is 2. The van der Waals surface area contributed by atoms with Gasteiger partial charge in [-0.3, -0.25) is 0 Å². The van der Waals surface area contributed by atoms with E-state index in [9.17, 15) is 0 Å². The molecular weight excluding hydrogens is 316 g/mol. The van der Waals surface area contributed by atoms with Crippen LogP contribution in [-0.4, -0.2) is 23.5 Å². The number of rotatable bonds is 7. The topological polar surface area (TPSA) is 41.1 Å². The van der Waals surface area contributed by atoms with E-state index < -0.39 is 0 Å². The van der Waals surface area contributed by atoms with Crippen molar-refractivity contribution < 1.29 is 0 Å². The van der Waals surface area contributed by atoms with Gasteiger partial charge in [0.25, 0.3) is 0 Å². The number of hydrogen-bond donors (Lipinski definition) is 1. The second-order valence-electron chi connectivity index (χ2n) is 5.92. The summed E-state index contributed by atoms with van der Waals surface area (Å²) in [7, 11) is 3.97. The van der Waals surface area contributed by atoms with E-state index >= 15 is 0 Å². The summed E-state index contributed by atoms with van der Waals surface area (Å²) in [6.45, 7) is 0.663. The SMILES string of the molecule is CN(C)c1nc(CN[C@@H](Cc2ccccc2)c2ccccc2)ns1. The van der Waals surface area contributed by atoms with E-state index in [1.807, 2.05) is 19.0 Å². The molecule has 0 amide bonds. The zero-order chi connectivity index (χ0) is 16.8. The Hall–Kier alpha value is -2.24. The standard InChI is InChI=1S/C19H22N4S/c1-23(2)19-21-18(22-24-19)14-20-17(16-11-7-4-8-12-16)13-15-9-5-3-6-10-15/h3-12,17,20H,13-14H2,1-2H3/t17-/m0/s1. The van der Waals surface area contributed by atoms with Crippen LogP contribution < -0.4 is 10.2 Å². The van der Waals surface area contributed by atoms with Crippen LogP contribution in [0.2, 0.25) is 0 Å². The molecular formula is C19H22N4S. The molecule has 1 heterocycles. The lowest BCUT2D eigenvalue weighted by Crippen LogP contribution is -2.23. The third-order valence-corrected chi connectivity index (χ3v) is 4.75. The highest BCUT2D eigenvalue weighted by Crippen LogP contribution is 2.20. The van der Waals surface area contributed by atoms with Gasteiger partial charge in [0.05, 0.1) is 6.54 Å². The van der Waals surface area contributed by atoms with Gasteiger partial charge in [0.1, 0.15) is 0 Å². The largest absolute Gasteiger partial charge is 0.353 e. The quantitative estimate of drug-likeness (QED) is 0.713. The van der Waals surface area contributed by atoms with Crippen LogP contribution in [0.15, 0.2) is 60.7 Å². The van der Waals surface area contributed by atoms with Crippen molar-refractivity contribution in [1.29, 1.82) is 0 Å². The Balaban J connectivity index is 1.72. The van der Waals surface area contributed by atoms with Crippen molar-refractivity contribution in [3.8, 4) is 0 Å². The molecule has 3 aromatic rings. The zero-order valence-corrected chi connectivity index (χ0v) is 14.8. The minimum absolute atomic E-state index is 0.236. The Kier molecular flexibility index (Phi) is 5.56. The van der Waals surface area contributed by atoms with Gasteiger partial charge in [0.2, 0.25) is 5.13 Å². The van der Waals surface area contributed by atoms with E-state index in [2.05, 4.69) is 75.3 Å². The summed E-state index contributed by atoms with van der Waals surface area (Å²) in [6.07, 6.45) is 0.940. The Morgan fingerprint density at radius 1 is 1.00 bits per heavy atom. The Morgan fingerprint density at radius 3 is 2.29 bits per heavy atom. The number of nitrogens with zero attached hydrogens (tertiary/aromatic N) is 3. The molecule has 0 saturated carbocycles. The van der Waals surface area contributed by atoms with Crippen LogP contribution in [0.25, 0.3) is 0 Å². The third-order valence-electron chi connectivity index (χ3n) is 3.83. The van der Waals surface area contributed by atoms with Crippen LogP contribution in [0.4, 0.5) is 5.13 Å². The van der Waals surface area contributed by atoms with Gasteiger partial charge in [-0.15, -0.1) is 0 Å². The maximum Gasteiger partial charge on any atom is 0.204 e. The minimum atomic E-state index is 0.236. The summed E-state index contributed by atoms with van der Waals surface area (Å²) in [5.41, 5.74) is 2.60. The molecule has 0 radical (unpaired) electrons. The summed E-state index contributed by atoms with van der Waals surface area (Å²) in [5, 5.41) is 4.55. The van der Waals surface area contributed by atoms with Gasteiger partial charge in [-0.25, -0.2) is 4.98 Å². The van der Waals surface area contributed by atoms with Crippen molar-refractivity contribution in [2.24, 2.45) is 0 Å². The molecule has 4 nitrogen and oxygen atoms in total. The van der Waals surface area contributed by atoms with Crippen molar-refractivity contribution in [3.05, 3.63) is 77.6 Å². The summed E-state index contributed by atoms with van der Waals surface area (Å²) >= 11 is 1.43. The highest BCUT2D eigenvalue weighted by atomic mass is 32.1. The molecule has 0 aliphatic carbocycles. The van der Waals surface area contributed by atoms with Gasteiger partial charge in [-0.1, -0.05) is 60.7 Å². The number of hydrogen-bond acceptors (Lipinski definition) is 5. The first-order valence-corrected chi connectivity index (χ1v) is 8.82. The summed E-state index contributed by atoms with van der Waals surface area (Å²) < 4.78 is 4.44. The molecule has 124 valence electrons. The first-order valence-electron chi connectivity index (χ1n) is 8.04.